The summed E-state index contributed by atoms with van der Waals surface area (Å²) >= 11 is 5.98. The highest BCUT2D eigenvalue weighted by Gasteiger charge is 2.35. The molecule has 0 saturated carbocycles. The molecule has 1 aliphatic heterocycles. The van der Waals surface area contributed by atoms with Crippen LogP contribution in [0.2, 0.25) is 5.02 Å². The third kappa shape index (κ3) is 3.85. The van der Waals surface area contributed by atoms with Gasteiger partial charge in [-0.05, 0) is 55.0 Å². The Labute approximate surface area is 169 Å². The van der Waals surface area contributed by atoms with Gasteiger partial charge in [0.25, 0.3) is 5.89 Å². The van der Waals surface area contributed by atoms with E-state index in [-0.39, 0.29) is 24.1 Å². The first-order valence-corrected chi connectivity index (χ1v) is 9.18. The minimum atomic E-state index is -4.41. The number of anilines is 1. The molecule has 0 bridgehead atoms. The molecule has 1 fully saturated rings. The quantitative estimate of drug-likeness (QED) is 0.580. The molecule has 2 aromatic carbocycles. The van der Waals surface area contributed by atoms with Crippen molar-refractivity contribution in [2.24, 2.45) is 0 Å². The second-order valence-electron chi connectivity index (χ2n) is 6.87. The van der Waals surface area contributed by atoms with E-state index < -0.39 is 11.7 Å². The topological polar surface area (TPSA) is 59.2 Å². The van der Waals surface area contributed by atoms with Gasteiger partial charge in [0.05, 0.1) is 5.56 Å². The lowest BCUT2D eigenvalue weighted by Crippen LogP contribution is -2.25. The molecule has 2 heterocycles. The highest BCUT2D eigenvalue weighted by Crippen LogP contribution is 2.34. The van der Waals surface area contributed by atoms with Gasteiger partial charge >= 0.3 is 6.18 Å². The molecule has 1 aromatic heterocycles. The number of nitrogens with zero attached hydrogens (tertiary/aromatic N) is 3. The number of hydrogen-bond acceptors (Lipinski definition) is 4. The number of rotatable bonds is 3. The summed E-state index contributed by atoms with van der Waals surface area (Å²) in [5.74, 6) is 0.121. The van der Waals surface area contributed by atoms with Gasteiger partial charge in [-0.2, -0.15) is 18.2 Å². The summed E-state index contributed by atoms with van der Waals surface area (Å²) < 4.78 is 43.3. The Morgan fingerprint density at radius 1 is 1.17 bits per heavy atom. The first-order chi connectivity index (χ1) is 13.7. The van der Waals surface area contributed by atoms with Crippen LogP contribution in [0.25, 0.3) is 11.5 Å². The third-order valence-electron chi connectivity index (χ3n) is 4.84. The summed E-state index contributed by atoms with van der Waals surface area (Å²) in [6.45, 7) is 2.26. The number of halogens is 4. The molecule has 4 rings (SSSR count). The van der Waals surface area contributed by atoms with Crippen molar-refractivity contribution < 1.29 is 22.5 Å². The molecule has 29 heavy (non-hydrogen) atoms. The highest BCUT2D eigenvalue weighted by molar-refractivity contribution is 6.30. The minimum Gasteiger partial charge on any atom is -0.334 e. The van der Waals surface area contributed by atoms with Gasteiger partial charge in [-0.25, -0.2) is 0 Å². The van der Waals surface area contributed by atoms with Crippen molar-refractivity contribution in [3.63, 3.8) is 0 Å². The van der Waals surface area contributed by atoms with Gasteiger partial charge < -0.3 is 9.42 Å². The Morgan fingerprint density at radius 3 is 2.55 bits per heavy atom. The average Bonchev–Trinajstić information content (AvgIpc) is 3.28. The van der Waals surface area contributed by atoms with E-state index >= 15 is 0 Å². The zero-order chi connectivity index (χ0) is 20.8. The van der Waals surface area contributed by atoms with E-state index in [2.05, 4.69) is 10.1 Å². The zero-order valence-electron chi connectivity index (χ0n) is 15.2. The van der Waals surface area contributed by atoms with E-state index in [1.54, 1.807) is 23.1 Å². The molecule has 150 valence electrons. The van der Waals surface area contributed by atoms with Gasteiger partial charge in [-0.1, -0.05) is 16.8 Å². The van der Waals surface area contributed by atoms with E-state index in [1.165, 1.54) is 12.1 Å². The summed E-state index contributed by atoms with van der Waals surface area (Å²) in [7, 11) is 0. The van der Waals surface area contributed by atoms with E-state index in [0.29, 0.717) is 23.0 Å². The number of amides is 1. The van der Waals surface area contributed by atoms with Crippen molar-refractivity contribution in [1.82, 2.24) is 10.1 Å². The molecule has 0 aliphatic carbocycles. The van der Waals surface area contributed by atoms with Crippen molar-refractivity contribution >= 4 is 23.2 Å². The Bertz CT molecular complexity index is 1060. The lowest BCUT2D eigenvalue weighted by atomic mass is 10.1. The van der Waals surface area contributed by atoms with Gasteiger partial charge in [0.2, 0.25) is 5.91 Å². The summed E-state index contributed by atoms with van der Waals surface area (Å²) in [5.41, 5.74) is 1.28. The molecule has 0 N–H and O–H groups in total. The second-order valence-corrected chi connectivity index (χ2v) is 7.31. The molecule has 9 heteroatoms. The fourth-order valence-electron chi connectivity index (χ4n) is 3.35. The van der Waals surface area contributed by atoms with Gasteiger partial charge in [0.1, 0.15) is 0 Å². The molecule has 1 atom stereocenters. The molecular formula is C20H15ClF3N3O2. The van der Waals surface area contributed by atoms with Crippen molar-refractivity contribution in [3.05, 3.63) is 64.4 Å². The maximum atomic E-state index is 12.7. The number of hydrogen-bond donors (Lipinski definition) is 0. The van der Waals surface area contributed by atoms with Crippen LogP contribution in [-0.2, 0) is 11.0 Å². The molecule has 1 amide bonds. The van der Waals surface area contributed by atoms with Crippen molar-refractivity contribution in [2.75, 3.05) is 11.4 Å². The van der Waals surface area contributed by atoms with Crippen LogP contribution in [0.3, 0.4) is 0 Å². The molecular weight excluding hydrogens is 407 g/mol. The summed E-state index contributed by atoms with van der Waals surface area (Å²) in [6.07, 6.45) is -4.19. The Hall–Kier alpha value is -2.87. The molecule has 0 spiro atoms. The fourth-order valence-corrected chi connectivity index (χ4v) is 3.58. The summed E-state index contributed by atoms with van der Waals surface area (Å²) in [4.78, 5) is 18.5. The lowest BCUT2D eigenvalue weighted by molar-refractivity contribution is -0.137. The van der Waals surface area contributed by atoms with Crippen LogP contribution in [0.4, 0.5) is 18.9 Å². The fraction of sp³-hybridized carbons (Fsp3) is 0.250. The van der Waals surface area contributed by atoms with Crippen LogP contribution in [0, 0.1) is 6.92 Å². The van der Waals surface area contributed by atoms with E-state index in [4.69, 9.17) is 16.1 Å². The first kappa shape index (κ1) is 19.4. The average molecular weight is 422 g/mol. The largest absolute Gasteiger partial charge is 0.416 e. The van der Waals surface area contributed by atoms with E-state index in [0.717, 1.165) is 23.4 Å². The predicted molar refractivity (Wildman–Crippen MR) is 101 cm³/mol. The van der Waals surface area contributed by atoms with Gasteiger partial charge in [-0.15, -0.1) is 0 Å². The lowest BCUT2D eigenvalue weighted by Gasteiger charge is -2.18. The van der Waals surface area contributed by atoms with Crippen LogP contribution in [-0.4, -0.2) is 22.6 Å². The Balaban J connectivity index is 1.53. The number of benzene rings is 2. The zero-order valence-corrected chi connectivity index (χ0v) is 16.0. The maximum Gasteiger partial charge on any atom is 0.416 e. The number of aryl methyl sites for hydroxylation is 1. The van der Waals surface area contributed by atoms with Crippen molar-refractivity contribution in [2.45, 2.75) is 25.4 Å². The summed E-state index contributed by atoms with van der Waals surface area (Å²) in [5, 5.41) is 4.53. The molecule has 1 saturated heterocycles. The van der Waals surface area contributed by atoms with Gasteiger partial charge in [0, 0.05) is 35.2 Å². The van der Waals surface area contributed by atoms with Gasteiger partial charge in [0.15, 0.2) is 5.82 Å². The van der Waals surface area contributed by atoms with Crippen molar-refractivity contribution in [3.8, 4) is 11.5 Å². The molecule has 0 radical (unpaired) electrons. The highest BCUT2D eigenvalue weighted by atomic mass is 35.5. The van der Waals surface area contributed by atoms with E-state index in [1.807, 2.05) is 6.92 Å². The first-order valence-electron chi connectivity index (χ1n) is 8.80. The third-order valence-corrected chi connectivity index (χ3v) is 5.08. The van der Waals surface area contributed by atoms with E-state index in [9.17, 15) is 18.0 Å². The van der Waals surface area contributed by atoms with Crippen LogP contribution >= 0.6 is 11.6 Å². The van der Waals surface area contributed by atoms with Crippen LogP contribution in [0.5, 0.6) is 0 Å². The minimum absolute atomic E-state index is 0.0682. The SMILES string of the molecule is Cc1cc(Cl)ccc1N1CC(c2noc(-c3ccc(C(F)(F)F)cc3)n2)CC1=O. The van der Waals surface area contributed by atoms with Crippen LogP contribution in [0.1, 0.15) is 29.3 Å². The number of alkyl halides is 3. The Kier molecular flexibility index (Phi) is 4.82. The monoisotopic (exact) mass is 421 g/mol. The van der Waals surface area contributed by atoms with Crippen LogP contribution < -0.4 is 4.90 Å². The normalized spacial score (nSPS) is 17.2. The Morgan fingerprint density at radius 2 is 1.90 bits per heavy atom. The summed E-state index contributed by atoms with van der Waals surface area (Å²) in [6, 6.07) is 9.79. The second kappa shape index (κ2) is 7.18. The van der Waals surface area contributed by atoms with Gasteiger partial charge in [-0.3, -0.25) is 4.79 Å². The van der Waals surface area contributed by atoms with Crippen LogP contribution in [0.15, 0.2) is 47.0 Å². The smallest absolute Gasteiger partial charge is 0.334 e. The van der Waals surface area contributed by atoms with Crippen molar-refractivity contribution in [1.29, 1.82) is 0 Å². The predicted octanol–water partition coefficient (Wildman–Crippen LogP) is 5.24. The number of aromatic nitrogens is 2. The molecule has 3 aromatic rings. The molecule has 1 unspecified atom stereocenters. The standard InChI is InChI=1S/C20H15ClF3N3O2/c1-11-8-15(21)6-7-16(11)27-10-13(9-17(27)28)18-25-19(29-26-18)12-2-4-14(5-3-12)20(22,23)24/h2-8,13H,9-10H2,1H3. The number of carbonyl (C=O) groups is 1. The number of carbonyl (C=O) groups excluding carboxylic acids is 1. The maximum absolute atomic E-state index is 12.7. The molecule has 5 nitrogen and oxygen atoms in total. The molecule has 1 aliphatic rings.